The molecule has 0 fully saturated rings. The number of nitrogens with zero attached hydrogens (tertiary/aromatic N) is 1. The van der Waals surface area contributed by atoms with Gasteiger partial charge in [0.25, 0.3) is 0 Å². The summed E-state index contributed by atoms with van der Waals surface area (Å²) in [4.78, 5) is 0. The minimum atomic E-state index is -1.66. The van der Waals surface area contributed by atoms with Gasteiger partial charge in [0.2, 0.25) is 0 Å². The van der Waals surface area contributed by atoms with Crippen LogP contribution in [0.2, 0.25) is 0 Å². The SMILES string of the molecule is O=S1N=C([C@H](Cc2ccccc2)c2ccc3ccccc3c2)NO1. The summed E-state index contributed by atoms with van der Waals surface area (Å²) >= 11 is -1.66. The third-order valence-corrected chi connectivity index (χ3v) is 4.75. The molecule has 0 bridgehead atoms. The molecule has 0 aromatic heterocycles. The van der Waals surface area contributed by atoms with Gasteiger partial charge in [0, 0.05) is 5.92 Å². The van der Waals surface area contributed by atoms with Crippen LogP contribution < -0.4 is 5.48 Å². The van der Waals surface area contributed by atoms with E-state index in [1.165, 1.54) is 16.3 Å². The van der Waals surface area contributed by atoms with Crippen LogP contribution in [0, 0.1) is 0 Å². The number of amidine groups is 1. The second kappa shape index (κ2) is 6.55. The minimum absolute atomic E-state index is 0.0385. The fraction of sp³-hybridized carbons (Fsp3) is 0.105. The van der Waals surface area contributed by atoms with Crippen LogP contribution in [0.5, 0.6) is 0 Å². The summed E-state index contributed by atoms with van der Waals surface area (Å²) in [6.45, 7) is 0. The summed E-state index contributed by atoms with van der Waals surface area (Å²) in [7, 11) is 0. The first-order valence-corrected chi connectivity index (χ1v) is 8.79. The summed E-state index contributed by atoms with van der Waals surface area (Å²) in [5.41, 5.74) is 5.03. The van der Waals surface area contributed by atoms with E-state index in [9.17, 15) is 4.21 Å². The van der Waals surface area contributed by atoms with Crippen molar-refractivity contribution < 1.29 is 8.49 Å². The van der Waals surface area contributed by atoms with Crippen LogP contribution in [0.4, 0.5) is 0 Å². The van der Waals surface area contributed by atoms with E-state index in [0.29, 0.717) is 5.84 Å². The molecule has 1 aliphatic rings. The van der Waals surface area contributed by atoms with Crippen LogP contribution in [0.3, 0.4) is 0 Å². The first-order chi connectivity index (χ1) is 11.8. The second-order valence-electron chi connectivity index (χ2n) is 5.73. The highest BCUT2D eigenvalue weighted by Crippen LogP contribution is 2.27. The molecular weight excluding hydrogens is 320 g/mol. The van der Waals surface area contributed by atoms with E-state index >= 15 is 0 Å². The molecule has 4 nitrogen and oxygen atoms in total. The summed E-state index contributed by atoms with van der Waals surface area (Å²) in [5.74, 6) is 0.566. The zero-order chi connectivity index (χ0) is 16.4. The third kappa shape index (κ3) is 3.09. The lowest BCUT2D eigenvalue weighted by atomic mass is 9.89. The van der Waals surface area contributed by atoms with E-state index in [1.54, 1.807) is 0 Å². The zero-order valence-electron chi connectivity index (χ0n) is 12.9. The van der Waals surface area contributed by atoms with Crippen molar-refractivity contribution in [2.24, 2.45) is 4.40 Å². The smallest absolute Gasteiger partial charge is 0.234 e. The first kappa shape index (κ1) is 15.1. The Morgan fingerprint density at radius 2 is 1.71 bits per heavy atom. The van der Waals surface area contributed by atoms with Crippen molar-refractivity contribution in [2.45, 2.75) is 12.3 Å². The zero-order valence-corrected chi connectivity index (χ0v) is 13.7. The van der Waals surface area contributed by atoms with Crippen LogP contribution in [0.15, 0.2) is 77.2 Å². The van der Waals surface area contributed by atoms with Crippen molar-refractivity contribution in [1.29, 1.82) is 0 Å². The monoisotopic (exact) mass is 336 g/mol. The standard InChI is InChI=1S/C19H16N2O2S/c22-24-21-19(20-23-24)18(12-14-6-2-1-3-7-14)17-11-10-15-8-4-5-9-16(15)13-17/h1-11,13,18H,12H2,(H,20,21)/t18-,24?/m1/s1. The molecule has 120 valence electrons. The maximum absolute atomic E-state index is 11.5. The van der Waals surface area contributed by atoms with E-state index in [0.717, 1.165) is 12.0 Å². The van der Waals surface area contributed by atoms with Crippen LogP contribution >= 0.6 is 0 Å². The van der Waals surface area contributed by atoms with Crippen LogP contribution in [0.25, 0.3) is 10.8 Å². The van der Waals surface area contributed by atoms with Crippen molar-refractivity contribution >= 4 is 27.9 Å². The molecule has 0 saturated heterocycles. The predicted molar refractivity (Wildman–Crippen MR) is 96.6 cm³/mol. The molecule has 3 aromatic carbocycles. The van der Waals surface area contributed by atoms with Crippen molar-refractivity contribution in [3.63, 3.8) is 0 Å². The summed E-state index contributed by atoms with van der Waals surface area (Å²) in [6, 6.07) is 24.8. The van der Waals surface area contributed by atoms with Gasteiger partial charge in [0.05, 0.1) is 0 Å². The molecule has 0 aliphatic carbocycles. The third-order valence-electron chi connectivity index (χ3n) is 4.18. The molecule has 1 unspecified atom stereocenters. The fourth-order valence-corrected chi connectivity index (χ4v) is 3.50. The highest BCUT2D eigenvalue weighted by molar-refractivity contribution is 7.79. The number of rotatable bonds is 4. The highest BCUT2D eigenvalue weighted by atomic mass is 32.2. The van der Waals surface area contributed by atoms with Crippen LogP contribution in [-0.4, -0.2) is 10.0 Å². The Hall–Kier alpha value is -2.50. The number of hydrogen-bond acceptors (Lipinski definition) is 3. The second-order valence-corrected chi connectivity index (χ2v) is 6.51. The molecule has 5 heteroatoms. The van der Waals surface area contributed by atoms with Gasteiger partial charge in [-0.3, -0.25) is 0 Å². The van der Waals surface area contributed by atoms with Gasteiger partial charge in [-0.25, -0.2) is 9.69 Å². The minimum Gasteiger partial charge on any atom is -0.234 e. The highest BCUT2D eigenvalue weighted by Gasteiger charge is 2.25. The van der Waals surface area contributed by atoms with Gasteiger partial charge >= 0.3 is 11.3 Å². The lowest BCUT2D eigenvalue weighted by molar-refractivity contribution is 0.301. The van der Waals surface area contributed by atoms with Gasteiger partial charge in [0.1, 0.15) is 5.84 Å². The van der Waals surface area contributed by atoms with E-state index < -0.39 is 11.3 Å². The Balaban J connectivity index is 1.75. The van der Waals surface area contributed by atoms with Crippen LogP contribution in [-0.2, 0) is 22.0 Å². The molecular formula is C19H16N2O2S. The van der Waals surface area contributed by atoms with E-state index in [-0.39, 0.29) is 5.92 Å². The normalized spacial score (nSPS) is 18.2. The molecule has 4 rings (SSSR count). The molecule has 1 heterocycles. The molecule has 0 spiro atoms. The van der Waals surface area contributed by atoms with Crippen molar-refractivity contribution in [1.82, 2.24) is 5.48 Å². The Morgan fingerprint density at radius 3 is 2.46 bits per heavy atom. The molecule has 1 aliphatic heterocycles. The van der Waals surface area contributed by atoms with E-state index in [1.807, 2.05) is 30.3 Å². The van der Waals surface area contributed by atoms with Gasteiger partial charge in [-0.05, 0) is 28.3 Å². The number of nitrogens with one attached hydrogen (secondary N) is 1. The summed E-state index contributed by atoms with van der Waals surface area (Å²) in [5, 5.41) is 2.37. The molecule has 1 N–H and O–H groups in total. The number of benzene rings is 3. The van der Waals surface area contributed by atoms with Gasteiger partial charge < -0.3 is 0 Å². The van der Waals surface area contributed by atoms with Gasteiger partial charge in [0.15, 0.2) is 0 Å². The number of hydroxylamine groups is 1. The van der Waals surface area contributed by atoms with Crippen molar-refractivity contribution in [2.75, 3.05) is 0 Å². The average Bonchev–Trinajstić information content (AvgIpc) is 3.06. The molecule has 24 heavy (non-hydrogen) atoms. The lowest BCUT2D eigenvalue weighted by Gasteiger charge is -2.17. The molecule has 3 aromatic rings. The summed E-state index contributed by atoms with van der Waals surface area (Å²) < 4.78 is 20.5. The van der Waals surface area contributed by atoms with Crippen LogP contribution in [0.1, 0.15) is 17.0 Å². The Labute approximate surface area is 142 Å². The summed E-state index contributed by atoms with van der Waals surface area (Å²) in [6.07, 6.45) is 0.756. The van der Waals surface area contributed by atoms with E-state index in [2.05, 4.69) is 52.3 Å². The van der Waals surface area contributed by atoms with Gasteiger partial charge in [-0.1, -0.05) is 72.8 Å². The number of fused-ring (bicyclic) bond motifs is 1. The quantitative estimate of drug-likeness (QED) is 0.791. The molecule has 2 atom stereocenters. The predicted octanol–water partition coefficient (Wildman–Crippen LogP) is 3.68. The number of hydrogen-bond donors (Lipinski definition) is 1. The fourth-order valence-electron chi connectivity index (χ4n) is 2.98. The maximum Gasteiger partial charge on any atom is 0.309 e. The first-order valence-electron chi connectivity index (χ1n) is 7.76. The molecule has 0 saturated carbocycles. The molecule has 0 radical (unpaired) electrons. The van der Waals surface area contributed by atoms with Gasteiger partial charge in [-0.2, -0.15) is 4.28 Å². The average molecular weight is 336 g/mol. The topological polar surface area (TPSA) is 50.7 Å². The maximum atomic E-state index is 11.5. The van der Waals surface area contributed by atoms with E-state index in [4.69, 9.17) is 4.28 Å². The largest absolute Gasteiger partial charge is 0.309 e. The Morgan fingerprint density at radius 1 is 0.958 bits per heavy atom. The van der Waals surface area contributed by atoms with Crippen molar-refractivity contribution in [3.05, 3.63) is 83.9 Å². The lowest BCUT2D eigenvalue weighted by Crippen LogP contribution is -2.26. The van der Waals surface area contributed by atoms with Crippen molar-refractivity contribution in [3.8, 4) is 0 Å². The molecule has 0 amide bonds. The Kier molecular flexibility index (Phi) is 4.11. The van der Waals surface area contributed by atoms with Gasteiger partial charge in [-0.15, -0.1) is 4.40 Å². The Bertz CT molecular complexity index is 925.